The molecule has 0 fully saturated rings. The van der Waals surface area contributed by atoms with E-state index in [0.717, 1.165) is 5.56 Å². The topological polar surface area (TPSA) is 97.6 Å². The molecule has 1 aromatic heterocycles. The lowest BCUT2D eigenvalue weighted by molar-refractivity contribution is -0.115. The van der Waals surface area contributed by atoms with Gasteiger partial charge in [0.25, 0.3) is 0 Å². The minimum absolute atomic E-state index is 0.0622. The van der Waals surface area contributed by atoms with E-state index in [1.807, 2.05) is 18.2 Å². The summed E-state index contributed by atoms with van der Waals surface area (Å²) in [6.07, 6.45) is 1.63. The van der Waals surface area contributed by atoms with E-state index in [-0.39, 0.29) is 23.8 Å². The maximum absolute atomic E-state index is 12.3. The van der Waals surface area contributed by atoms with E-state index in [2.05, 4.69) is 10.0 Å². The zero-order valence-electron chi connectivity index (χ0n) is 15.2. The Morgan fingerprint density at radius 3 is 2.46 bits per heavy atom. The van der Waals surface area contributed by atoms with Crippen molar-refractivity contribution >= 4 is 21.6 Å². The Kier molecular flexibility index (Phi) is 6.13. The number of sulfonamides is 1. The molecule has 0 saturated carbocycles. The zero-order chi connectivity index (χ0) is 20.0. The van der Waals surface area contributed by atoms with Crippen LogP contribution in [0.15, 0.2) is 76.2 Å². The van der Waals surface area contributed by atoms with Crippen molar-refractivity contribution in [3.8, 4) is 5.75 Å². The minimum Gasteiger partial charge on any atom is -0.496 e. The third kappa shape index (κ3) is 4.99. The molecule has 0 saturated heterocycles. The summed E-state index contributed by atoms with van der Waals surface area (Å²) in [5, 5.41) is 2.75. The summed E-state index contributed by atoms with van der Waals surface area (Å²) in [7, 11) is -2.13. The second-order valence-corrected chi connectivity index (χ2v) is 7.73. The van der Waals surface area contributed by atoms with Crippen molar-refractivity contribution < 1.29 is 22.4 Å². The molecule has 0 aliphatic rings. The molecule has 0 bridgehead atoms. The first kappa shape index (κ1) is 19.7. The number of benzene rings is 2. The van der Waals surface area contributed by atoms with Crippen molar-refractivity contribution in [2.45, 2.75) is 17.9 Å². The van der Waals surface area contributed by atoms with E-state index in [1.54, 1.807) is 37.4 Å². The van der Waals surface area contributed by atoms with E-state index >= 15 is 0 Å². The van der Waals surface area contributed by atoms with Crippen molar-refractivity contribution in [2.75, 3.05) is 12.4 Å². The van der Waals surface area contributed by atoms with Crippen molar-refractivity contribution in [3.63, 3.8) is 0 Å². The summed E-state index contributed by atoms with van der Waals surface area (Å²) in [5.74, 6) is 0.932. The van der Waals surface area contributed by atoms with Gasteiger partial charge >= 0.3 is 0 Å². The summed E-state index contributed by atoms with van der Waals surface area (Å²) < 4.78 is 37.4. The molecule has 2 aromatic carbocycles. The smallest absolute Gasteiger partial charge is 0.240 e. The molecule has 3 aromatic rings. The van der Waals surface area contributed by atoms with Gasteiger partial charge in [0.05, 0.1) is 31.2 Å². The molecule has 0 radical (unpaired) electrons. The van der Waals surface area contributed by atoms with Gasteiger partial charge in [-0.25, -0.2) is 13.1 Å². The number of carbonyl (C=O) groups is 1. The predicted molar refractivity (Wildman–Crippen MR) is 105 cm³/mol. The second-order valence-electron chi connectivity index (χ2n) is 5.97. The normalized spacial score (nSPS) is 11.2. The number of ether oxygens (including phenoxy) is 1. The third-order valence-corrected chi connectivity index (χ3v) is 5.43. The van der Waals surface area contributed by atoms with Crippen molar-refractivity contribution in [3.05, 3.63) is 78.3 Å². The Balaban J connectivity index is 1.61. The van der Waals surface area contributed by atoms with E-state index in [1.165, 1.54) is 18.4 Å². The van der Waals surface area contributed by atoms with Crippen LogP contribution < -0.4 is 14.8 Å². The average Bonchev–Trinajstić information content (AvgIpc) is 3.21. The maximum atomic E-state index is 12.3. The van der Waals surface area contributed by atoms with E-state index < -0.39 is 10.0 Å². The van der Waals surface area contributed by atoms with Gasteiger partial charge in [0, 0.05) is 11.3 Å². The van der Waals surface area contributed by atoms with Gasteiger partial charge in [-0.2, -0.15) is 0 Å². The lowest BCUT2D eigenvalue weighted by Crippen LogP contribution is -2.23. The molecule has 2 N–H and O–H groups in total. The van der Waals surface area contributed by atoms with E-state index in [9.17, 15) is 13.2 Å². The van der Waals surface area contributed by atoms with E-state index in [0.29, 0.717) is 17.2 Å². The number of para-hydroxylation sites is 1. The van der Waals surface area contributed by atoms with Gasteiger partial charge < -0.3 is 14.5 Å². The number of hydrogen-bond donors (Lipinski definition) is 2. The van der Waals surface area contributed by atoms with Crippen LogP contribution in [0.4, 0.5) is 5.69 Å². The lowest BCUT2D eigenvalue weighted by Gasteiger charge is -2.10. The molecule has 0 unspecified atom stereocenters. The van der Waals surface area contributed by atoms with Gasteiger partial charge in [-0.3, -0.25) is 4.79 Å². The number of methoxy groups -OCH3 is 1. The van der Waals surface area contributed by atoms with Gasteiger partial charge in [-0.15, -0.1) is 0 Å². The molecule has 1 heterocycles. The van der Waals surface area contributed by atoms with Gasteiger partial charge in [-0.05, 0) is 42.5 Å². The van der Waals surface area contributed by atoms with Crippen molar-refractivity contribution in [1.82, 2.24) is 4.72 Å². The average molecular weight is 400 g/mol. The molecule has 3 rings (SSSR count). The Bertz CT molecular complexity index is 1030. The minimum atomic E-state index is -3.68. The fourth-order valence-corrected chi connectivity index (χ4v) is 3.60. The highest BCUT2D eigenvalue weighted by Gasteiger charge is 2.15. The monoisotopic (exact) mass is 400 g/mol. The Morgan fingerprint density at radius 1 is 1.04 bits per heavy atom. The van der Waals surface area contributed by atoms with Gasteiger partial charge in [0.15, 0.2) is 0 Å². The third-order valence-electron chi connectivity index (χ3n) is 4.01. The molecule has 0 spiro atoms. The highest BCUT2D eigenvalue weighted by molar-refractivity contribution is 7.89. The van der Waals surface area contributed by atoms with Gasteiger partial charge in [0.2, 0.25) is 15.9 Å². The molecule has 28 heavy (non-hydrogen) atoms. The van der Waals surface area contributed by atoms with Crippen LogP contribution in [0, 0.1) is 0 Å². The van der Waals surface area contributed by atoms with Crippen molar-refractivity contribution in [2.24, 2.45) is 0 Å². The number of furan rings is 1. The molecule has 0 aliphatic heterocycles. The standard InChI is InChI=1S/C20H20N2O5S/c1-26-19-7-3-2-5-15(19)13-20(23)22-16-8-10-18(11-9-16)28(24,25)21-14-17-6-4-12-27-17/h2-12,21H,13-14H2,1H3,(H,22,23). The number of nitrogens with one attached hydrogen (secondary N) is 2. The largest absolute Gasteiger partial charge is 0.496 e. The number of anilines is 1. The number of amides is 1. The SMILES string of the molecule is COc1ccccc1CC(=O)Nc1ccc(S(=O)(=O)NCc2ccco2)cc1. The fourth-order valence-electron chi connectivity index (χ4n) is 2.61. The molecule has 1 amide bonds. The van der Waals surface area contributed by atoms with Crippen molar-refractivity contribution in [1.29, 1.82) is 0 Å². The lowest BCUT2D eigenvalue weighted by atomic mass is 10.1. The predicted octanol–water partition coefficient (Wildman–Crippen LogP) is 2.95. The Labute approximate surface area is 163 Å². The summed E-state index contributed by atoms with van der Waals surface area (Å²) in [5.41, 5.74) is 1.27. The Hall–Kier alpha value is -3.10. The highest BCUT2D eigenvalue weighted by atomic mass is 32.2. The van der Waals surface area contributed by atoms with Crippen LogP contribution in [0.3, 0.4) is 0 Å². The van der Waals surface area contributed by atoms with Gasteiger partial charge in [-0.1, -0.05) is 18.2 Å². The molecule has 0 atom stereocenters. The highest BCUT2D eigenvalue weighted by Crippen LogP contribution is 2.19. The fraction of sp³-hybridized carbons (Fsp3) is 0.150. The Morgan fingerprint density at radius 2 is 1.79 bits per heavy atom. The summed E-state index contributed by atoms with van der Waals surface area (Å²) in [6.45, 7) is 0.0622. The number of rotatable bonds is 8. The van der Waals surface area contributed by atoms with Crippen LogP contribution >= 0.6 is 0 Å². The first-order valence-corrected chi connectivity index (χ1v) is 10.00. The zero-order valence-corrected chi connectivity index (χ0v) is 16.0. The van der Waals surface area contributed by atoms with E-state index in [4.69, 9.17) is 9.15 Å². The molecule has 8 heteroatoms. The first-order valence-electron chi connectivity index (χ1n) is 8.52. The van der Waals surface area contributed by atoms with Gasteiger partial charge in [0.1, 0.15) is 11.5 Å². The van der Waals surface area contributed by atoms with Crippen LogP contribution in [0.2, 0.25) is 0 Å². The van der Waals surface area contributed by atoms with Crippen LogP contribution in [-0.4, -0.2) is 21.4 Å². The second kappa shape index (κ2) is 8.73. The van der Waals surface area contributed by atoms with Crippen LogP contribution in [0.5, 0.6) is 5.75 Å². The molecule has 0 aliphatic carbocycles. The van der Waals surface area contributed by atoms with Crippen LogP contribution in [-0.2, 0) is 27.8 Å². The number of hydrogen-bond acceptors (Lipinski definition) is 5. The maximum Gasteiger partial charge on any atom is 0.240 e. The molecular weight excluding hydrogens is 380 g/mol. The molecular formula is C20H20N2O5S. The molecule has 7 nitrogen and oxygen atoms in total. The molecule has 146 valence electrons. The van der Waals surface area contributed by atoms with Crippen LogP contribution in [0.1, 0.15) is 11.3 Å². The summed E-state index contributed by atoms with van der Waals surface area (Å²) in [4.78, 5) is 12.4. The quantitative estimate of drug-likeness (QED) is 0.606. The first-order chi connectivity index (χ1) is 13.5. The number of carbonyl (C=O) groups excluding carboxylic acids is 1. The summed E-state index contributed by atoms with van der Waals surface area (Å²) in [6, 6.07) is 16.6. The van der Waals surface area contributed by atoms with Crippen LogP contribution in [0.25, 0.3) is 0 Å². The summed E-state index contributed by atoms with van der Waals surface area (Å²) >= 11 is 0.